The number of hydrogen-bond acceptors (Lipinski definition) is 6. The Labute approximate surface area is 136 Å². The summed E-state index contributed by atoms with van der Waals surface area (Å²) >= 11 is 0. The van der Waals surface area contributed by atoms with Crippen LogP contribution < -0.4 is 5.73 Å². The molecule has 0 amide bonds. The van der Waals surface area contributed by atoms with E-state index in [0.717, 1.165) is 6.42 Å². The van der Waals surface area contributed by atoms with E-state index in [4.69, 9.17) is 23.6 Å². The standard InChI is InChI=1S/C15H33NO5S/c1-11(2)22(18-5,12(3)4)20-10-14-13(17)9-15(21-14)19-8-6-7-16/h11-15,17H,6-10,16H2,1-5H3/t13-,14?,15?/m0/s1. The van der Waals surface area contributed by atoms with Crippen molar-refractivity contribution in [1.29, 1.82) is 0 Å². The molecule has 0 saturated carbocycles. The molecule has 0 radical (unpaired) electrons. The molecular formula is C15H33NO5S. The van der Waals surface area contributed by atoms with Gasteiger partial charge in [0.25, 0.3) is 0 Å². The Balaban J connectivity index is 2.52. The SMILES string of the molecule is COS(OCC1OC(OCCCN)C[C@@H]1O)(C(C)C)C(C)C. The first-order chi connectivity index (χ1) is 10.4. The molecule has 1 rings (SSSR count). The van der Waals surface area contributed by atoms with Crippen LogP contribution in [-0.2, 0) is 17.8 Å². The first-order valence-electron chi connectivity index (χ1n) is 8.03. The maximum Gasteiger partial charge on any atom is 0.160 e. The molecule has 1 aliphatic heterocycles. The zero-order valence-corrected chi connectivity index (χ0v) is 15.3. The van der Waals surface area contributed by atoms with Gasteiger partial charge in [0.05, 0.1) is 19.8 Å². The Bertz CT molecular complexity index is 308. The van der Waals surface area contributed by atoms with E-state index in [1.807, 2.05) is 0 Å². The first kappa shape index (κ1) is 20.2. The first-order valence-corrected chi connectivity index (χ1v) is 9.64. The van der Waals surface area contributed by atoms with Crippen LogP contribution in [0.15, 0.2) is 0 Å². The third kappa shape index (κ3) is 5.06. The Morgan fingerprint density at radius 1 is 1.27 bits per heavy atom. The van der Waals surface area contributed by atoms with Crippen molar-refractivity contribution in [3.8, 4) is 0 Å². The number of ether oxygens (including phenoxy) is 2. The summed E-state index contributed by atoms with van der Waals surface area (Å²) in [6.45, 7) is 9.86. The molecule has 0 aliphatic carbocycles. The Morgan fingerprint density at radius 3 is 2.41 bits per heavy atom. The fourth-order valence-electron chi connectivity index (χ4n) is 2.67. The van der Waals surface area contributed by atoms with Crippen LogP contribution >= 0.6 is 10.6 Å². The van der Waals surface area contributed by atoms with Crippen molar-refractivity contribution >= 4 is 10.6 Å². The van der Waals surface area contributed by atoms with E-state index in [-0.39, 0.29) is 22.9 Å². The molecule has 3 N–H and O–H groups in total. The van der Waals surface area contributed by atoms with Gasteiger partial charge in [-0.1, -0.05) is 0 Å². The second-order valence-corrected chi connectivity index (χ2v) is 9.69. The largest absolute Gasteiger partial charge is 0.390 e. The van der Waals surface area contributed by atoms with Gasteiger partial charge in [-0.2, -0.15) is 10.6 Å². The molecule has 1 saturated heterocycles. The second-order valence-electron chi connectivity index (χ2n) is 6.06. The van der Waals surface area contributed by atoms with Crippen LogP contribution in [0.25, 0.3) is 0 Å². The second kappa shape index (κ2) is 9.42. The van der Waals surface area contributed by atoms with Gasteiger partial charge < -0.3 is 20.3 Å². The molecule has 3 atom stereocenters. The minimum Gasteiger partial charge on any atom is -0.390 e. The van der Waals surface area contributed by atoms with Gasteiger partial charge in [0.1, 0.15) is 12.7 Å². The zero-order valence-electron chi connectivity index (χ0n) is 14.5. The molecule has 6 nitrogen and oxygen atoms in total. The Kier molecular flexibility index (Phi) is 8.63. The third-order valence-electron chi connectivity index (χ3n) is 3.83. The van der Waals surface area contributed by atoms with Gasteiger partial charge in [-0.3, -0.25) is 8.37 Å². The summed E-state index contributed by atoms with van der Waals surface area (Å²) in [6.07, 6.45) is -0.0646. The van der Waals surface area contributed by atoms with Gasteiger partial charge in [0.2, 0.25) is 0 Å². The highest BCUT2D eigenvalue weighted by atomic mass is 32.3. The zero-order chi connectivity index (χ0) is 16.8. The van der Waals surface area contributed by atoms with E-state index < -0.39 is 16.7 Å². The third-order valence-corrected chi connectivity index (χ3v) is 7.49. The lowest BCUT2D eigenvalue weighted by Crippen LogP contribution is -2.32. The van der Waals surface area contributed by atoms with Crippen molar-refractivity contribution < 1.29 is 22.9 Å². The minimum absolute atomic E-state index is 0.271. The predicted octanol–water partition coefficient (Wildman–Crippen LogP) is 1.94. The average Bonchev–Trinajstić information content (AvgIpc) is 2.80. The van der Waals surface area contributed by atoms with Crippen molar-refractivity contribution in [2.75, 3.05) is 26.9 Å². The van der Waals surface area contributed by atoms with Crippen LogP contribution in [0.4, 0.5) is 0 Å². The fraction of sp³-hybridized carbons (Fsp3) is 1.00. The smallest absolute Gasteiger partial charge is 0.160 e. The molecule has 7 heteroatoms. The van der Waals surface area contributed by atoms with Crippen LogP contribution in [0.1, 0.15) is 40.5 Å². The van der Waals surface area contributed by atoms with Crippen molar-refractivity contribution in [3.63, 3.8) is 0 Å². The minimum atomic E-state index is -1.67. The van der Waals surface area contributed by atoms with Crippen LogP contribution in [0.2, 0.25) is 0 Å². The van der Waals surface area contributed by atoms with E-state index in [9.17, 15) is 5.11 Å². The molecule has 0 bridgehead atoms. The molecule has 134 valence electrons. The highest BCUT2D eigenvalue weighted by molar-refractivity contribution is 8.26. The van der Waals surface area contributed by atoms with Gasteiger partial charge in [0, 0.05) is 16.9 Å². The monoisotopic (exact) mass is 339 g/mol. The van der Waals surface area contributed by atoms with Crippen molar-refractivity contribution in [2.45, 2.75) is 69.5 Å². The summed E-state index contributed by atoms with van der Waals surface area (Å²) < 4.78 is 23.2. The lowest BCUT2D eigenvalue weighted by molar-refractivity contribution is -0.141. The van der Waals surface area contributed by atoms with Crippen LogP contribution in [0.3, 0.4) is 0 Å². The van der Waals surface area contributed by atoms with Crippen LogP contribution in [0, 0.1) is 0 Å². The molecule has 0 aromatic carbocycles. The maximum atomic E-state index is 10.1. The fourth-order valence-corrected chi connectivity index (χ4v) is 5.51. The molecule has 0 spiro atoms. The lowest BCUT2D eigenvalue weighted by Gasteiger charge is -2.49. The average molecular weight is 339 g/mol. The highest BCUT2D eigenvalue weighted by Gasteiger charge is 2.37. The van der Waals surface area contributed by atoms with E-state index in [1.165, 1.54) is 0 Å². The van der Waals surface area contributed by atoms with Gasteiger partial charge >= 0.3 is 0 Å². The van der Waals surface area contributed by atoms with Crippen LogP contribution in [0.5, 0.6) is 0 Å². The van der Waals surface area contributed by atoms with Crippen molar-refractivity contribution in [1.82, 2.24) is 0 Å². The lowest BCUT2D eigenvalue weighted by atomic mass is 10.2. The van der Waals surface area contributed by atoms with Gasteiger partial charge in [-0.15, -0.1) is 0 Å². The summed E-state index contributed by atoms with van der Waals surface area (Å²) in [4.78, 5) is 0. The molecule has 1 aliphatic rings. The molecule has 22 heavy (non-hydrogen) atoms. The normalized spacial score (nSPS) is 27.0. The predicted molar refractivity (Wildman–Crippen MR) is 89.7 cm³/mol. The summed E-state index contributed by atoms with van der Waals surface area (Å²) in [5.74, 6) is 0. The van der Waals surface area contributed by atoms with Gasteiger partial charge in [-0.05, 0) is 40.7 Å². The summed E-state index contributed by atoms with van der Waals surface area (Å²) in [5, 5.41) is 10.7. The number of rotatable bonds is 10. The number of aliphatic hydroxyl groups excluding tert-OH is 1. The number of hydrogen-bond donors (Lipinski definition) is 2. The molecular weight excluding hydrogens is 306 g/mol. The van der Waals surface area contributed by atoms with Crippen LogP contribution in [-0.4, -0.2) is 61.0 Å². The van der Waals surface area contributed by atoms with Crippen molar-refractivity contribution in [3.05, 3.63) is 0 Å². The van der Waals surface area contributed by atoms with Gasteiger partial charge in [-0.25, -0.2) is 0 Å². The number of nitrogens with two attached hydrogens (primary N) is 1. The van der Waals surface area contributed by atoms with E-state index >= 15 is 0 Å². The topological polar surface area (TPSA) is 83.2 Å². The highest BCUT2D eigenvalue weighted by Crippen LogP contribution is 2.58. The summed E-state index contributed by atoms with van der Waals surface area (Å²) in [6, 6.07) is 0. The Morgan fingerprint density at radius 2 is 1.91 bits per heavy atom. The maximum absolute atomic E-state index is 10.1. The van der Waals surface area contributed by atoms with E-state index in [0.29, 0.717) is 26.2 Å². The van der Waals surface area contributed by atoms with Gasteiger partial charge in [0.15, 0.2) is 6.29 Å². The molecule has 0 aromatic heterocycles. The van der Waals surface area contributed by atoms with E-state index in [1.54, 1.807) is 7.11 Å². The molecule has 0 aromatic rings. The van der Waals surface area contributed by atoms with E-state index in [2.05, 4.69) is 27.7 Å². The number of aliphatic hydroxyl groups is 1. The molecule has 2 unspecified atom stereocenters. The summed E-state index contributed by atoms with van der Waals surface area (Å²) in [7, 11) is 0.0291. The Hall–Kier alpha value is 0.110. The molecule has 1 fully saturated rings. The summed E-state index contributed by atoms with van der Waals surface area (Å²) in [5.41, 5.74) is 5.43. The molecule has 1 heterocycles. The quantitative estimate of drug-likeness (QED) is 0.592. The van der Waals surface area contributed by atoms with Crippen molar-refractivity contribution in [2.24, 2.45) is 5.73 Å².